The van der Waals surface area contributed by atoms with Gasteiger partial charge in [-0.05, 0) is 48.4 Å². The van der Waals surface area contributed by atoms with E-state index >= 15 is 0 Å². The van der Waals surface area contributed by atoms with Crippen LogP contribution in [0.4, 0.5) is 5.69 Å². The van der Waals surface area contributed by atoms with Crippen molar-refractivity contribution < 1.29 is 14.7 Å². The number of Topliss-reactive ketones (excluding diaryl/α,β-unsaturated/α-hetero) is 1. The van der Waals surface area contributed by atoms with Crippen molar-refractivity contribution in [3.63, 3.8) is 0 Å². The number of aromatic carboxylic acids is 1. The number of nitrogen functional groups attached to an aromatic ring is 1. The number of nitrogens with two attached hydrogens (primary N) is 1. The highest BCUT2D eigenvalue weighted by Crippen LogP contribution is 2.36. The summed E-state index contributed by atoms with van der Waals surface area (Å²) in [6.45, 7) is 0. The number of ketones is 1. The summed E-state index contributed by atoms with van der Waals surface area (Å²) in [7, 11) is 0. The molecule has 0 aromatic heterocycles. The highest BCUT2D eigenvalue weighted by molar-refractivity contribution is 7.99. The zero-order chi connectivity index (χ0) is 15.0. The molecule has 5 heteroatoms. The average molecular weight is 299 g/mol. The van der Waals surface area contributed by atoms with Gasteiger partial charge in [0, 0.05) is 27.5 Å². The molecule has 0 radical (unpaired) electrons. The molecule has 0 fully saturated rings. The van der Waals surface area contributed by atoms with Gasteiger partial charge in [-0.1, -0.05) is 11.8 Å². The highest BCUT2D eigenvalue weighted by Gasteiger charge is 2.21. The number of fused-ring (bicyclic) bond motifs is 1. The second-order valence-electron chi connectivity index (χ2n) is 4.90. The number of rotatable bonds is 3. The molecule has 2 aromatic rings. The van der Waals surface area contributed by atoms with E-state index in [1.807, 2.05) is 12.1 Å². The van der Waals surface area contributed by atoms with Crippen LogP contribution in [-0.4, -0.2) is 16.9 Å². The number of hydrogen-bond acceptors (Lipinski definition) is 4. The lowest BCUT2D eigenvalue weighted by Crippen LogP contribution is -1.96. The summed E-state index contributed by atoms with van der Waals surface area (Å²) in [5, 5.41) is 8.88. The van der Waals surface area contributed by atoms with Crippen molar-refractivity contribution in [2.45, 2.75) is 22.6 Å². The number of anilines is 1. The molecule has 0 unspecified atom stereocenters. The second-order valence-corrected chi connectivity index (χ2v) is 6.02. The molecule has 0 aliphatic heterocycles. The minimum Gasteiger partial charge on any atom is -0.478 e. The van der Waals surface area contributed by atoms with E-state index < -0.39 is 5.97 Å². The van der Waals surface area contributed by atoms with E-state index in [9.17, 15) is 9.59 Å². The van der Waals surface area contributed by atoms with Crippen molar-refractivity contribution in [2.24, 2.45) is 0 Å². The average Bonchev–Trinajstić information content (AvgIpc) is 2.81. The standard InChI is InChI=1S/C16H13NO3S/c17-13-7-10-3-6-14(18)12(10)8-15(13)21-11-4-1-9(2-5-11)16(19)20/h1-2,4-5,7-8H,3,6,17H2,(H,19,20). The van der Waals surface area contributed by atoms with Gasteiger partial charge in [-0.3, -0.25) is 4.79 Å². The van der Waals surface area contributed by atoms with Gasteiger partial charge in [0.25, 0.3) is 0 Å². The van der Waals surface area contributed by atoms with Crippen LogP contribution in [0.25, 0.3) is 0 Å². The van der Waals surface area contributed by atoms with Crippen LogP contribution in [0.5, 0.6) is 0 Å². The number of carboxylic acids is 1. The molecule has 21 heavy (non-hydrogen) atoms. The fraction of sp³-hybridized carbons (Fsp3) is 0.125. The Balaban J connectivity index is 1.89. The second kappa shape index (κ2) is 5.26. The first-order valence-corrected chi connectivity index (χ1v) is 7.33. The maximum absolute atomic E-state index is 11.8. The molecule has 3 N–H and O–H groups in total. The van der Waals surface area contributed by atoms with Crippen molar-refractivity contribution in [3.05, 3.63) is 53.1 Å². The summed E-state index contributed by atoms with van der Waals surface area (Å²) in [5.41, 5.74) is 8.71. The van der Waals surface area contributed by atoms with Gasteiger partial charge in [0.2, 0.25) is 0 Å². The van der Waals surface area contributed by atoms with E-state index in [0.29, 0.717) is 12.1 Å². The molecule has 106 valence electrons. The number of hydrogen-bond donors (Lipinski definition) is 2. The quantitative estimate of drug-likeness (QED) is 0.850. The molecule has 2 aromatic carbocycles. The normalized spacial score (nSPS) is 13.2. The van der Waals surface area contributed by atoms with Crippen LogP contribution in [-0.2, 0) is 6.42 Å². The van der Waals surface area contributed by atoms with Crippen LogP contribution in [0.3, 0.4) is 0 Å². The SMILES string of the molecule is Nc1cc2c(cc1Sc1ccc(C(=O)O)cc1)C(=O)CC2. The Labute approximate surface area is 126 Å². The predicted molar refractivity (Wildman–Crippen MR) is 81.0 cm³/mol. The van der Waals surface area contributed by atoms with E-state index in [2.05, 4.69) is 0 Å². The van der Waals surface area contributed by atoms with Crippen LogP contribution in [0.2, 0.25) is 0 Å². The molecule has 1 aliphatic carbocycles. The summed E-state index contributed by atoms with van der Waals surface area (Å²) < 4.78 is 0. The Morgan fingerprint density at radius 2 is 1.86 bits per heavy atom. The summed E-state index contributed by atoms with van der Waals surface area (Å²) >= 11 is 1.43. The van der Waals surface area contributed by atoms with Gasteiger partial charge in [0.05, 0.1) is 5.56 Å². The molecular weight excluding hydrogens is 286 g/mol. The minimum absolute atomic E-state index is 0.160. The Kier molecular flexibility index (Phi) is 3.43. The van der Waals surface area contributed by atoms with Crippen LogP contribution < -0.4 is 5.73 Å². The molecule has 4 nitrogen and oxygen atoms in total. The van der Waals surface area contributed by atoms with Crippen molar-refractivity contribution in [2.75, 3.05) is 5.73 Å². The van der Waals surface area contributed by atoms with Gasteiger partial charge < -0.3 is 10.8 Å². The maximum atomic E-state index is 11.8. The maximum Gasteiger partial charge on any atom is 0.335 e. The zero-order valence-electron chi connectivity index (χ0n) is 11.1. The molecule has 0 heterocycles. The smallest absolute Gasteiger partial charge is 0.335 e. The molecule has 0 bridgehead atoms. The Hall–Kier alpha value is -2.27. The molecule has 0 spiro atoms. The third-order valence-electron chi connectivity index (χ3n) is 3.49. The third-order valence-corrected chi connectivity index (χ3v) is 4.57. The van der Waals surface area contributed by atoms with Gasteiger partial charge in [0.1, 0.15) is 0 Å². The lowest BCUT2D eigenvalue weighted by atomic mass is 10.1. The van der Waals surface area contributed by atoms with Crippen LogP contribution in [0.1, 0.15) is 32.7 Å². The first-order valence-electron chi connectivity index (χ1n) is 6.51. The van der Waals surface area contributed by atoms with Gasteiger partial charge in [0.15, 0.2) is 5.78 Å². The number of carbonyl (C=O) groups excluding carboxylic acids is 1. The first-order chi connectivity index (χ1) is 10.0. The van der Waals surface area contributed by atoms with Crippen molar-refractivity contribution in [3.8, 4) is 0 Å². The molecule has 0 amide bonds. The molecular formula is C16H13NO3S. The van der Waals surface area contributed by atoms with Crippen LogP contribution >= 0.6 is 11.8 Å². The molecule has 0 saturated carbocycles. The number of carbonyl (C=O) groups is 2. The van der Waals surface area contributed by atoms with E-state index in [4.69, 9.17) is 10.8 Å². The fourth-order valence-corrected chi connectivity index (χ4v) is 3.25. The van der Waals surface area contributed by atoms with E-state index in [-0.39, 0.29) is 11.3 Å². The van der Waals surface area contributed by atoms with E-state index in [1.54, 1.807) is 24.3 Å². The van der Waals surface area contributed by atoms with Gasteiger partial charge >= 0.3 is 5.97 Å². The van der Waals surface area contributed by atoms with Gasteiger partial charge in [-0.25, -0.2) is 4.79 Å². The van der Waals surface area contributed by atoms with E-state index in [0.717, 1.165) is 27.3 Å². The predicted octanol–water partition coefficient (Wildman–Crippen LogP) is 3.25. The highest BCUT2D eigenvalue weighted by atomic mass is 32.2. The minimum atomic E-state index is -0.950. The van der Waals surface area contributed by atoms with E-state index in [1.165, 1.54) is 11.8 Å². The fourth-order valence-electron chi connectivity index (χ4n) is 2.37. The number of carboxylic acid groups (broad SMARTS) is 1. The molecule has 3 rings (SSSR count). The lowest BCUT2D eigenvalue weighted by Gasteiger charge is -2.08. The molecule has 0 saturated heterocycles. The van der Waals surface area contributed by atoms with Gasteiger partial charge in [-0.2, -0.15) is 0 Å². The lowest BCUT2D eigenvalue weighted by molar-refractivity contribution is 0.0696. The number of benzene rings is 2. The first kappa shape index (κ1) is 13.7. The van der Waals surface area contributed by atoms with Crippen molar-refractivity contribution in [1.29, 1.82) is 0 Å². The summed E-state index contributed by atoms with van der Waals surface area (Å²) in [4.78, 5) is 24.3. The zero-order valence-corrected chi connectivity index (χ0v) is 11.9. The number of aryl methyl sites for hydroxylation is 1. The topological polar surface area (TPSA) is 80.4 Å². The van der Waals surface area contributed by atoms with Crippen LogP contribution in [0.15, 0.2) is 46.2 Å². The van der Waals surface area contributed by atoms with Crippen molar-refractivity contribution in [1.82, 2.24) is 0 Å². The van der Waals surface area contributed by atoms with Crippen LogP contribution in [0, 0.1) is 0 Å². The summed E-state index contributed by atoms with van der Waals surface area (Å²) in [5.74, 6) is -0.790. The summed E-state index contributed by atoms with van der Waals surface area (Å²) in [6.07, 6.45) is 1.31. The summed E-state index contributed by atoms with van der Waals surface area (Å²) in [6, 6.07) is 10.3. The van der Waals surface area contributed by atoms with Gasteiger partial charge in [-0.15, -0.1) is 0 Å². The van der Waals surface area contributed by atoms with Crippen molar-refractivity contribution >= 4 is 29.2 Å². The Bertz CT molecular complexity index is 738. The third kappa shape index (κ3) is 2.64. The monoisotopic (exact) mass is 299 g/mol. The Morgan fingerprint density at radius 3 is 2.52 bits per heavy atom. The molecule has 0 atom stereocenters. The molecule has 1 aliphatic rings. The Morgan fingerprint density at radius 1 is 1.14 bits per heavy atom. The largest absolute Gasteiger partial charge is 0.478 e.